The van der Waals surface area contributed by atoms with Crippen LogP contribution in [0.1, 0.15) is 0 Å². The first kappa shape index (κ1) is 10.6. The van der Waals surface area contributed by atoms with Crippen LogP contribution in [-0.2, 0) is 0 Å². The maximum Gasteiger partial charge on any atom is 1.00 e. The minimum Gasteiger partial charge on any atom is -0.850 e. The molecule has 0 atom stereocenters. The van der Waals surface area contributed by atoms with Gasteiger partial charge in [0.2, 0.25) is 6.43 Å². The van der Waals surface area contributed by atoms with Crippen LogP contribution in [0.25, 0.3) is 0 Å². The maximum atomic E-state index is 10.5. The normalized spacial score (nSPS) is 8.00. The van der Waals surface area contributed by atoms with E-state index in [1.165, 1.54) is 0 Å². The number of hydrogen-bond donors (Lipinski definition) is 0. The molecule has 0 aromatic heterocycles. The first-order valence-corrected chi connectivity index (χ1v) is 1.13. The van der Waals surface area contributed by atoms with Gasteiger partial charge in [-0.15, -0.1) is 0 Å². The van der Waals surface area contributed by atoms with Crippen molar-refractivity contribution in [3.8, 4) is 0 Å². The summed E-state index contributed by atoms with van der Waals surface area (Å²) in [5.41, 5.74) is 0. The van der Waals surface area contributed by atoms with E-state index in [0.717, 1.165) is 0 Å². The van der Waals surface area contributed by atoms with E-state index >= 15 is 0 Å². The molecule has 0 spiro atoms. The van der Waals surface area contributed by atoms with E-state index in [1.807, 2.05) is 0 Å². The monoisotopic (exact) mass is 166 g/mol. The molecule has 0 aliphatic heterocycles. The van der Waals surface area contributed by atoms with Gasteiger partial charge in [0.15, 0.2) is 0 Å². The maximum absolute atomic E-state index is 10.5. The number of rotatable bonds is 1. The molecule has 0 saturated carbocycles. The van der Waals surface area contributed by atoms with E-state index in [-0.39, 0.29) is 58.2 Å². The summed E-state index contributed by atoms with van der Waals surface area (Å²) in [6.07, 6.45) is -2.67. The average Bonchev–Trinajstić information content (AvgIpc) is 1.38. The number of halogens is 2. The zero-order valence-corrected chi connectivity index (χ0v) is 8.36. The number of hydrogen-bond acceptors (Lipinski definition) is 1. The molecule has 0 heterocycles. The fourth-order valence-corrected chi connectivity index (χ4v) is 0. The van der Waals surface area contributed by atoms with E-state index in [2.05, 4.69) is 0 Å². The van der Waals surface area contributed by atoms with Gasteiger partial charge in [0.1, 0.15) is 0 Å². The van der Waals surface area contributed by atoms with Crippen LogP contribution in [0.15, 0.2) is 0 Å². The second-order valence-corrected chi connectivity index (χ2v) is 0.558. The molecule has 1 nitrogen and oxygen atoms in total. The molecule has 0 aliphatic rings. The summed E-state index contributed by atoms with van der Waals surface area (Å²) >= 11 is 0. The summed E-state index contributed by atoms with van der Waals surface area (Å²) in [7, 11) is 0. The van der Waals surface area contributed by atoms with Gasteiger partial charge in [0.25, 0.3) is 0 Å². The van der Waals surface area contributed by atoms with Crippen molar-refractivity contribution in [1.82, 2.24) is 0 Å². The fourth-order valence-electron chi connectivity index (χ4n) is 0. The van der Waals surface area contributed by atoms with Gasteiger partial charge < -0.3 is 5.11 Å². The van der Waals surface area contributed by atoms with Crippen molar-refractivity contribution in [2.24, 2.45) is 0 Å². The standard InChI is InChI=1S/C2H3F2O.Rb/c3-2(4)1-5;/h2H,1H2;/q-1;+1. The van der Waals surface area contributed by atoms with Crippen LogP contribution in [0, 0.1) is 0 Å². The molecule has 0 bridgehead atoms. The van der Waals surface area contributed by atoms with Crippen LogP contribution >= 0.6 is 0 Å². The van der Waals surface area contributed by atoms with Crippen molar-refractivity contribution in [2.45, 2.75) is 6.43 Å². The van der Waals surface area contributed by atoms with Gasteiger partial charge >= 0.3 is 58.2 Å². The summed E-state index contributed by atoms with van der Waals surface area (Å²) in [5, 5.41) is 8.88. The second-order valence-electron chi connectivity index (χ2n) is 0.558. The third kappa shape index (κ3) is 9.16. The first-order chi connectivity index (χ1) is 2.27. The topological polar surface area (TPSA) is 23.1 Å². The summed E-state index contributed by atoms with van der Waals surface area (Å²) in [5.74, 6) is 0. The summed E-state index contributed by atoms with van der Waals surface area (Å²) in [4.78, 5) is 0. The van der Waals surface area contributed by atoms with Crippen LogP contribution in [0.3, 0.4) is 0 Å². The smallest absolute Gasteiger partial charge is 0.850 e. The Hall–Kier alpha value is 1.63. The predicted molar refractivity (Wildman–Crippen MR) is 10.9 cm³/mol. The Morgan fingerprint density at radius 2 is 1.67 bits per heavy atom. The Morgan fingerprint density at radius 1 is 1.50 bits per heavy atom. The van der Waals surface area contributed by atoms with Gasteiger partial charge in [-0.25, -0.2) is 8.78 Å². The van der Waals surface area contributed by atoms with Crippen molar-refractivity contribution < 1.29 is 72.1 Å². The van der Waals surface area contributed by atoms with E-state index in [0.29, 0.717) is 0 Å². The zero-order valence-electron chi connectivity index (χ0n) is 3.45. The van der Waals surface area contributed by atoms with Gasteiger partial charge in [-0.3, -0.25) is 0 Å². The van der Waals surface area contributed by atoms with Crippen LogP contribution in [-0.4, -0.2) is 13.0 Å². The third-order valence-corrected chi connectivity index (χ3v) is 0.126. The molecule has 0 fully saturated rings. The van der Waals surface area contributed by atoms with Crippen LogP contribution < -0.4 is 63.3 Å². The molecule has 0 aliphatic carbocycles. The Kier molecular flexibility index (Phi) is 11.7. The molecular formula is C2H3F2ORb. The van der Waals surface area contributed by atoms with E-state index < -0.39 is 13.0 Å². The molecule has 4 heteroatoms. The Morgan fingerprint density at radius 3 is 1.67 bits per heavy atom. The fraction of sp³-hybridized carbons (Fsp3) is 1.00. The average molecular weight is 167 g/mol. The quantitative estimate of drug-likeness (QED) is 0.399. The van der Waals surface area contributed by atoms with Crippen molar-refractivity contribution in [3.05, 3.63) is 0 Å². The molecule has 0 rings (SSSR count). The molecule has 0 amide bonds. The van der Waals surface area contributed by atoms with Crippen molar-refractivity contribution in [2.75, 3.05) is 6.61 Å². The summed E-state index contributed by atoms with van der Waals surface area (Å²) in [6.45, 7) is -1.28. The molecule has 0 aromatic carbocycles. The SMILES string of the molecule is [O-]CC(F)F.[Rb+]. The molecule has 0 aromatic rings. The van der Waals surface area contributed by atoms with Crippen LogP contribution in [0.4, 0.5) is 8.78 Å². The molecule has 32 valence electrons. The van der Waals surface area contributed by atoms with Gasteiger partial charge in [-0.05, 0) is 0 Å². The van der Waals surface area contributed by atoms with Crippen molar-refractivity contribution in [3.63, 3.8) is 0 Å². The van der Waals surface area contributed by atoms with Gasteiger partial charge in [0.05, 0.1) is 0 Å². The second kappa shape index (κ2) is 6.63. The first-order valence-electron chi connectivity index (χ1n) is 1.13. The predicted octanol–water partition coefficient (Wildman–Crippen LogP) is -3.38. The number of alkyl halides is 2. The summed E-state index contributed by atoms with van der Waals surface area (Å²) in [6, 6.07) is 0. The Bertz CT molecular complexity index is 25.5. The van der Waals surface area contributed by atoms with E-state index in [9.17, 15) is 8.78 Å². The molecule has 0 radical (unpaired) electrons. The largest absolute Gasteiger partial charge is 1.00 e. The minimum atomic E-state index is -2.67. The Balaban J connectivity index is 0. The van der Waals surface area contributed by atoms with Crippen molar-refractivity contribution >= 4 is 0 Å². The van der Waals surface area contributed by atoms with Crippen LogP contribution in [0.5, 0.6) is 0 Å². The summed E-state index contributed by atoms with van der Waals surface area (Å²) < 4.78 is 20.9. The van der Waals surface area contributed by atoms with E-state index in [4.69, 9.17) is 5.11 Å². The zero-order chi connectivity index (χ0) is 4.28. The van der Waals surface area contributed by atoms with Crippen molar-refractivity contribution in [1.29, 1.82) is 0 Å². The van der Waals surface area contributed by atoms with Crippen LogP contribution in [0.2, 0.25) is 0 Å². The van der Waals surface area contributed by atoms with Gasteiger partial charge in [-0.2, -0.15) is 0 Å². The third-order valence-electron chi connectivity index (χ3n) is 0.126. The van der Waals surface area contributed by atoms with E-state index in [1.54, 1.807) is 0 Å². The van der Waals surface area contributed by atoms with Gasteiger partial charge in [0, 0.05) is 0 Å². The molecule has 6 heavy (non-hydrogen) atoms. The minimum absolute atomic E-state index is 0. The van der Waals surface area contributed by atoms with Gasteiger partial charge in [-0.1, -0.05) is 6.61 Å². The Labute approximate surface area is 83.5 Å². The molecular weight excluding hydrogens is 163 g/mol. The molecule has 0 saturated heterocycles. The molecule has 0 unspecified atom stereocenters. The molecule has 0 N–H and O–H groups in total.